The molecule has 28 heavy (non-hydrogen) atoms. The first-order valence-corrected chi connectivity index (χ1v) is 9.48. The van der Waals surface area contributed by atoms with Gasteiger partial charge in [-0.3, -0.25) is 0 Å². The maximum absolute atomic E-state index is 14.2. The third kappa shape index (κ3) is 4.81. The van der Waals surface area contributed by atoms with Gasteiger partial charge >= 0.3 is 0 Å². The van der Waals surface area contributed by atoms with Crippen molar-refractivity contribution in [3.05, 3.63) is 47.8 Å². The molecule has 1 aromatic carbocycles. The number of benzene rings is 1. The minimum absolute atomic E-state index is 0.184. The molecule has 0 fully saturated rings. The SMILES string of the molecule is CN(C)CCCc1nc(-c2ncn(C(C)(C)C)n2)n(Cc2ccccc2F)n1. The number of aromatic nitrogens is 6. The zero-order valence-corrected chi connectivity index (χ0v) is 17.2. The zero-order chi connectivity index (χ0) is 20.3. The molecule has 150 valence electrons. The third-order valence-electron chi connectivity index (χ3n) is 4.38. The van der Waals surface area contributed by atoms with Crippen LogP contribution < -0.4 is 0 Å². The van der Waals surface area contributed by atoms with Crippen LogP contribution in [-0.4, -0.2) is 55.1 Å². The Morgan fingerprint density at radius 1 is 1.11 bits per heavy atom. The van der Waals surface area contributed by atoms with Crippen LogP contribution in [0.2, 0.25) is 0 Å². The fourth-order valence-electron chi connectivity index (χ4n) is 2.80. The van der Waals surface area contributed by atoms with Crippen LogP contribution in [0.3, 0.4) is 0 Å². The largest absolute Gasteiger partial charge is 0.309 e. The Morgan fingerprint density at radius 3 is 2.50 bits per heavy atom. The van der Waals surface area contributed by atoms with Crippen molar-refractivity contribution in [1.82, 2.24) is 34.4 Å². The second-order valence-electron chi connectivity index (χ2n) is 8.19. The zero-order valence-electron chi connectivity index (χ0n) is 17.2. The van der Waals surface area contributed by atoms with Gasteiger partial charge in [0.2, 0.25) is 5.82 Å². The van der Waals surface area contributed by atoms with Gasteiger partial charge in [0.15, 0.2) is 11.6 Å². The number of nitrogens with zero attached hydrogens (tertiary/aromatic N) is 7. The van der Waals surface area contributed by atoms with E-state index >= 15 is 0 Å². The fourth-order valence-corrected chi connectivity index (χ4v) is 2.80. The first-order chi connectivity index (χ1) is 13.2. The average molecular weight is 385 g/mol. The van der Waals surface area contributed by atoms with Crippen LogP contribution in [0.1, 0.15) is 38.6 Å². The average Bonchev–Trinajstić information content (AvgIpc) is 3.23. The number of hydrogen-bond donors (Lipinski definition) is 0. The molecule has 0 radical (unpaired) electrons. The van der Waals surface area contributed by atoms with Crippen LogP contribution in [-0.2, 0) is 18.5 Å². The molecule has 0 unspecified atom stereocenters. The summed E-state index contributed by atoms with van der Waals surface area (Å²) >= 11 is 0. The molecule has 0 N–H and O–H groups in total. The minimum Gasteiger partial charge on any atom is -0.309 e. The lowest BCUT2D eigenvalue weighted by molar-refractivity contribution is 0.355. The van der Waals surface area contributed by atoms with E-state index in [0.717, 1.165) is 25.2 Å². The van der Waals surface area contributed by atoms with Crippen molar-refractivity contribution in [2.45, 2.75) is 45.7 Å². The summed E-state index contributed by atoms with van der Waals surface area (Å²) in [7, 11) is 4.08. The molecule has 7 nitrogen and oxygen atoms in total. The molecule has 0 bridgehead atoms. The predicted octanol–water partition coefficient (Wildman–Crippen LogP) is 2.97. The first kappa shape index (κ1) is 20.1. The Hall–Kier alpha value is -2.61. The van der Waals surface area contributed by atoms with Crippen molar-refractivity contribution in [3.63, 3.8) is 0 Å². The highest BCUT2D eigenvalue weighted by Crippen LogP contribution is 2.19. The van der Waals surface area contributed by atoms with E-state index in [9.17, 15) is 4.39 Å². The summed E-state index contributed by atoms with van der Waals surface area (Å²) in [5, 5.41) is 9.20. The molecule has 0 saturated carbocycles. The smallest absolute Gasteiger partial charge is 0.218 e. The second kappa shape index (κ2) is 8.18. The van der Waals surface area contributed by atoms with Gasteiger partial charge < -0.3 is 4.90 Å². The van der Waals surface area contributed by atoms with Gasteiger partial charge in [-0.25, -0.2) is 23.7 Å². The van der Waals surface area contributed by atoms with E-state index in [1.54, 1.807) is 27.8 Å². The lowest BCUT2D eigenvalue weighted by Gasteiger charge is -2.17. The molecular weight excluding hydrogens is 357 g/mol. The maximum Gasteiger partial charge on any atom is 0.218 e. The van der Waals surface area contributed by atoms with Gasteiger partial charge in [0.1, 0.15) is 12.1 Å². The highest BCUT2D eigenvalue weighted by Gasteiger charge is 2.20. The summed E-state index contributed by atoms with van der Waals surface area (Å²) in [5.41, 5.74) is 0.375. The Kier molecular flexibility index (Phi) is 5.88. The molecule has 8 heteroatoms. The van der Waals surface area contributed by atoms with E-state index in [1.807, 2.05) is 20.2 Å². The maximum atomic E-state index is 14.2. The van der Waals surface area contributed by atoms with Gasteiger partial charge in [-0.05, 0) is 53.9 Å². The molecule has 0 aliphatic heterocycles. The Balaban J connectivity index is 1.93. The molecule has 2 aromatic heterocycles. The monoisotopic (exact) mass is 385 g/mol. The molecule has 0 spiro atoms. The number of rotatable bonds is 7. The van der Waals surface area contributed by atoms with Gasteiger partial charge in [0.05, 0.1) is 12.1 Å². The van der Waals surface area contributed by atoms with E-state index in [2.05, 4.69) is 45.8 Å². The van der Waals surface area contributed by atoms with Crippen LogP contribution in [0.4, 0.5) is 4.39 Å². The van der Waals surface area contributed by atoms with Gasteiger partial charge in [-0.2, -0.15) is 5.10 Å². The van der Waals surface area contributed by atoms with Crippen LogP contribution in [0, 0.1) is 5.82 Å². The molecule has 0 saturated heterocycles. The lowest BCUT2D eigenvalue weighted by Crippen LogP contribution is -2.22. The fraction of sp³-hybridized carbons (Fsp3) is 0.500. The second-order valence-corrected chi connectivity index (χ2v) is 8.19. The minimum atomic E-state index is -0.258. The molecular formula is C20H28FN7. The highest BCUT2D eigenvalue weighted by molar-refractivity contribution is 5.42. The third-order valence-corrected chi connectivity index (χ3v) is 4.38. The number of halogens is 1. The van der Waals surface area contributed by atoms with E-state index in [4.69, 9.17) is 0 Å². The summed E-state index contributed by atoms with van der Waals surface area (Å²) in [6.45, 7) is 7.41. The molecule has 0 amide bonds. The van der Waals surface area contributed by atoms with Crippen molar-refractivity contribution in [2.75, 3.05) is 20.6 Å². The van der Waals surface area contributed by atoms with Crippen LogP contribution >= 0.6 is 0 Å². The van der Waals surface area contributed by atoms with Crippen molar-refractivity contribution < 1.29 is 4.39 Å². The van der Waals surface area contributed by atoms with Crippen molar-refractivity contribution in [2.24, 2.45) is 0 Å². The van der Waals surface area contributed by atoms with Gasteiger partial charge in [0.25, 0.3) is 0 Å². The summed E-state index contributed by atoms with van der Waals surface area (Å²) in [4.78, 5) is 11.2. The van der Waals surface area contributed by atoms with E-state index in [0.29, 0.717) is 17.2 Å². The molecule has 3 rings (SSSR count). The summed E-state index contributed by atoms with van der Waals surface area (Å²) < 4.78 is 17.7. The van der Waals surface area contributed by atoms with Crippen molar-refractivity contribution in [1.29, 1.82) is 0 Å². The van der Waals surface area contributed by atoms with Gasteiger partial charge in [-0.1, -0.05) is 18.2 Å². The molecule has 0 aliphatic carbocycles. The highest BCUT2D eigenvalue weighted by atomic mass is 19.1. The Morgan fingerprint density at radius 2 is 1.86 bits per heavy atom. The summed E-state index contributed by atoms with van der Waals surface area (Å²) in [6.07, 6.45) is 3.39. The standard InChI is InChI=1S/C20H28FN7/c1-20(2,3)28-14-22-18(25-28)19-23-17(11-8-12-26(4)5)24-27(19)13-15-9-6-7-10-16(15)21/h6-7,9-10,14H,8,11-13H2,1-5H3. The van der Waals surface area contributed by atoms with Crippen LogP contribution in [0.15, 0.2) is 30.6 Å². The van der Waals surface area contributed by atoms with E-state index in [1.165, 1.54) is 6.07 Å². The quantitative estimate of drug-likeness (QED) is 0.626. The van der Waals surface area contributed by atoms with Gasteiger partial charge in [0, 0.05) is 12.0 Å². The Labute approximate surface area is 165 Å². The predicted molar refractivity (Wildman–Crippen MR) is 106 cm³/mol. The van der Waals surface area contributed by atoms with Crippen molar-refractivity contribution in [3.8, 4) is 11.6 Å². The van der Waals surface area contributed by atoms with Crippen molar-refractivity contribution >= 4 is 0 Å². The van der Waals surface area contributed by atoms with Crippen LogP contribution in [0.5, 0.6) is 0 Å². The first-order valence-electron chi connectivity index (χ1n) is 9.48. The van der Waals surface area contributed by atoms with E-state index < -0.39 is 0 Å². The molecule has 3 aromatic rings. The number of aryl methyl sites for hydroxylation is 1. The summed E-state index contributed by atoms with van der Waals surface area (Å²) in [6, 6.07) is 6.71. The lowest BCUT2D eigenvalue weighted by atomic mass is 10.1. The normalized spacial score (nSPS) is 12.1. The van der Waals surface area contributed by atoms with E-state index in [-0.39, 0.29) is 17.9 Å². The Bertz CT molecular complexity index is 921. The topological polar surface area (TPSA) is 64.7 Å². The van der Waals surface area contributed by atoms with Gasteiger partial charge in [-0.15, -0.1) is 5.10 Å². The van der Waals surface area contributed by atoms with Crippen LogP contribution in [0.25, 0.3) is 11.6 Å². The molecule has 2 heterocycles. The molecule has 0 aliphatic rings. The summed E-state index contributed by atoms with van der Waals surface area (Å²) in [5.74, 6) is 1.52. The molecule has 0 atom stereocenters. The number of hydrogen-bond acceptors (Lipinski definition) is 5.